The summed E-state index contributed by atoms with van der Waals surface area (Å²) in [6, 6.07) is 7.71. The molecule has 0 N–H and O–H groups in total. The first-order valence-electron chi connectivity index (χ1n) is 3.74. The van der Waals surface area contributed by atoms with Crippen molar-refractivity contribution in [3.05, 3.63) is 40.9 Å². The number of methoxy groups -OCH3 is 1. The largest absolute Gasteiger partial charge is 0.381 e. The van der Waals surface area contributed by atoms with Crippen LogP contribution in [0.1, 0.15) is 5.56 Å². The van der Waals surface area contributed by atoms with Crippen molar-refractivity contribution in [1.82, 2.24) is 0 Å². The highest BCUT2D eigenvalue weighted by Crippen LogP contribution is 2.15. The molecule has 0 aliphatic rings. The second kappa shape index (κ2) is 4.96. The molecule has 0 saturated carbocycles. The Morgan fingerprint density at radius 1 is 1.42 bits per heavy atom. The molecule has 0 spiro atoms. The molecule has 64 valence electrons. The summed E-state index contributed by atoms with van der Waals surface area (Å²) in [6.07, 6.45) is 3.88. The van der Waals surface area contributed by atoms with Gasteiger partial charge in [0.15, 0.2) is 0 Å². The van der Waals surface area contributed by atoms with Gasteiger partial charge in [-0.25, -0.2) is 0 Å². The Morgan fingerprint density at radius 2 is 2.17 bits per heavy atom. The van der Waals surface area contributed by atoms with E-state index < -0.39 is 0 Å². The van der Waals surface area contributed by atoms with E-state index in [4.69, 9.17) is 16.3 Å². The lowest BCUT2D eigenvalue weighted by Gasteiger charge is -1.95. The molecule has 0 saturated heterocycles. The topological polar surface area (TPSA) is 9.23 Å². The maximum atomic E-state index is 5.91. The quantitative estimate of drug-likeness (QED) is 0.699. The first kappa shape index (κ1) is 9.30. The van der Waals surface area contributed by atoms with Gasteiger partial charge in [0.2, 0.25) is 0 Å². The molecule has 0 radical (unpaired) electrons. The van der Waals surface area contributed by atoms with Crippen LogP contribution in [0.2, 0.25) is 5.02 Å². The molecule has 2 heteroatoms. The highest BCUT2D eigenvalue weighted by atomic mass is 35.5. The van der Waals surface area contributed by atoms with Crippen LogP contribution in [0.4, 0.5) is 0 Å². The lowest BCUT2D eigenvalue weighted by atomic mass is 10.2. The Labute approximate surface area is 77.6 Å². The van der Waals surface area contributed by atoms with Crippen molar-refractivity contribution < 1.29 is 4.74 Å². The second-order valence-corrected chi connectivity index (χ2v) is 2.79. The molecule has 0 amide bonds. The first-order chi connectivity index (χ1) is 5.84. The Kier molecular flexibility index (Phi) is 3.85. The highest BCUT2D eigenvalue weighted by molar-refractivity contribution is 6.32. The monoisotopic (exact) mass is 182 g/mol. The van der Waals surface area contributed by atoms with Gasteiger partial charge >= 0.3 is 0 Å². The number of hydrogen-bond acceptors (Lipinski definition) is 1. The van der Waals surface area contributed by atoms with E-state index in [1.807, 2.05) is 36.4 Å². The Balaban J connectivity index is 2.68. The van der Waals surface area contributed by atoms with Crippen molar-refractivity contribution >= 4 is 17.7 Å². The zero-order valence-corrected chi connectivity index (χ0v) is 7.71. The fourth-order valence-electron chi connectivity index (χ4n) is 0.882. The normalized spacial score (nSPS) is 10.8. The molecule has 0 aliphatic carbocycles. The van der Waals surface area contributed by atoms with Crippen molar-refractivity contribution in [2.45, 2.75) is 0 Å². The Hall–Kier alpha value is -0.790. The summed E-state index contributed by atoms with van der Waals surface area (Å²) in [6.45, 7) is 0.616. The first-order valence-corrected chi connectivity index (χ1v) is 4.12. The molecule has 0 aliphatic heterocycles. The van der Waals surface area contributed by atoms with Crippen molar-refractivity contribution in [3.63, 3.8) is 0 Å². The van der Waals surface area contributed by atoms with Crippen LogP contribution in [0.5, 0.6) is 0 Å². The van der Waals surface area contributed by atoms with E-state index in [-0.39, 0.29) is 0 Å². The van der Waals surface area contributed by atoms with Crippen molar-refractivity contribution in [2.24, 2.45) is 0 Å². The van der Waals surface area contributed by atoms with Crippen molar-refractivity contribution in [1.29, 1.82) is 0 Å². The third-order valence-electron chi connectivity index (χ3n) is 1.47. The maximum Gasteiger partial charge on any atom is 0.0646 e. The zero-order chi connectivity index (χ0) is 8.81. The van der Waals surface area contributed by atoms with E-state index in [2.05, 4.69) is 0 Å². The van der Waals surface area contributed by atoms with Gasteiger partial charge < -0.3 is 4.74 Å². The molecule has 0 unspecified atom stereocenters. The van der Waals surface area contributed by atoms with Gasteiger partial charge in [-0.2, -0.15) is 0 Å². The molecule has 0 atom stereocenters. The minimum absolute atomic E-state index is 0.616. The fourth-order valence-corrected chi connectivity index (χ4v) is 1.08. The van der Waals surface area contributed by atoms with E-state index in [1.165, 1.54) is 0 Å². The van der Waals surface area contributed by atoms with Crippen molar-refractivity contribution in [2.75, 3.05) is 13.7 Å². The average molecular weight is 183 g/mol. The summed E-state index contributed by atoms with van der Waals surface area (Å²) in [5, 5.41) is 0.768. The van der Waals surface area contributed by atoms with Gasteiger partial charge in [-0.05, 0) is 11.6 Å². The minimum atomic E-state index is 0.616. The summed E-state index contributed by atoms with van der Waals surface area (Å²) in [5.74, 6) is 0. The molecule has 1 nitrogen and oxygen atoms in total. The van der Waals surface area contributed by atoms with Crippen LogP contribution in [0.3, 0.4) is 0 Å². The van der Waals surface area contributed by atoms with Gasteiger partial charge in [-0.3, -0.25) is 0 Å². The van der Waals surface area contributed by atoms with E-state index in [0.29, 0.717) is 6.61 Å². The molecular formula is C10H11ClO. The van der Waals surface area contributed by atoms with Gasteiger partial charge in [0.1, 0.15) is 0 Å². The molecule has 0 heterocycles. The van der Waals surface area contributed by atoms with Crippen LogP contribution in [0.25, 0.3) is 6.08 Å². The number of hydrogen-bond donors (Lipinski definition) is 0. The number of ether oxygens (including phenoxy) is 1. The predicted octanol–water partition coefficient (Wildman–Crippen LogP) is 3.00. The van der Waals surface area contributed by atoms with Gasteiger partial charge in [-0.15, -0.1) is 0 Å². The SMILES string of the molecule is COC/C=C/c1ccccc1Cl. The summed E-state index contributed by atoms with van der Waals surface area (Å²) >= 11 is 5.91. The molecule has 12 heavy (non-hydrogen) atoms. The summed E-state index contributed by atoms with van der Waals surface area (Å²) in [4.78, 5) is 0. The van der Waals surface area contributed by atoms with Crippen LogP contribution < -0.4 is 0 Å². The minimum Gasteiger partial charge on any atom is -0.381 e. The maximum absolute atomic E-state index is 5.91. The smallest absolute Gasteiger partial charge is 0.0646 e. The second-order valence-electron chi connectivity index (χ2n) is 2.38. The number of benzene rings is 1. The Bertz CT molecular complexity index is 268. The van der Waals surface area contributed by atoms with Crippen LogP contribution in [0, 0.1) is 0 Å². The fraction of sp³-hybridized carbons (Fsp3) is 0.200. The van der Waals surface area contributed by atoms with Gasteiger partial charge in [0.25, 0.3) is 0 Å². The van der Waals surface area contributed by atoms with E-state index in [1.54, 1.807) is 7.11 Å². The predicted molar refractivity (Wildman–Crippen MR) is 52.4 cm³/mol. The van der Waals surface area contributed by atoms with Gasteiger partial charge in [0.05, 0.1) is 6.61 Å². The van der Waals surface area contributed by atoms with Crippen LogP contribution in [-0.4, -0.2) is 13.7 Å². The molecule has 1 aromatic carbocycles. The summed E-state index contributed by atoms with van der Waals surface area (Å²) in [7, 11) is 1.66. The molecule has 0 aromatic heterocycles. The van der Waals surface area contributed by atoms with E-state index in [9.17, 15) is 0 Å². The third-order valence-corrected chi connectivity index (χ3v) is 1.81. The molecule has 1 aromatic rings. The number of halogens is 1. The van der Waals surface area contributed by atoms with Crippen LogP contribution in [0.15, 0.2) is 30.3 Å². The van der Waals surface area contributed by atoms with Gasteiger partial charge in [0, 0.05) is 12.1 Å². The lowest BCUT2D eigenvalue weighted by Crippen LogP contribution is -1.80. The van der Waals surface area contributed by atoms with Gasteiger partial charge in [-0.1, -0.05) is 42.0 Å². The molecule has 0 bridgehead atoms. The van der Waals surface area contributed by atoms with Crippen LogP contribution in [-0.2, 0) is 4.74 Å². The van der Waals surface area contributed by atoms with Crippen molar-refractivity contribution in [3.8, 4) is 0 Å². The molecule has 0 fully saturated rings. The standard InChI is InChI=1S/C10H11ClO/c1-12-8-4-6-9-5-2-3-7-10(9)11/h2-7H,8H2,1H3/b6-4+. The summed E-state index contributed by atoms with van der Waals surface area (Å²) < 4.78 is 4.87. The highest BCUT2D eigenvalue weighted by Gasteiger charge is 1.91. The molecule has 1 rings (SSSR count). The van der Waals surface area contributed by atoms with E-state index in [0.717, 1.165) is 10.6 Å². The lowest BCUT2D eigenvalue weighted by molar-refractivity contribution is 0.234. The molecular weight excluding hydrogens is 172 g/mol. The average Bonchev–Trinajstić information content (AvgIpc) is 2.09. The third kappa shape index (κ3) is 2.68. The summed E-state index contributed by atoms with van der Waals surface area (Å²) in [5.41, 5.74) is 1.02. The zero-order valence-electron chi connectivity index (χ0n) is 6.96. The van der Waals surface area contributed by atoms with E-state index >= 15 is 0 Å². The van der Waals surface area contributed by atoms with Crippen LogP contribution >= 0.6 is 11.6 Å². The Morgan fingerprint density at radius 3 is 2.83 bits per heavy atom. The number of rotatable bonds is 3.